The highest BCUT2D eigenvalue weighted by Crippen LogP contribution is 2.45. The van der Waals surface area contributed by atoms with Crippen LogP contribution in [0.2, 0.25) is 0 Å². The number of piperidine rings is 3. The van der Waals surface area contributed by atoms with Crippen molar-refractivity contribution in [2.45, 2.75) is 136 Å². The fraction of sp³-hybridized carbons (Fsp3) is 0.246. The first-order valence-corrected chi connectivity index (χ1v) is 53.1. The number of hydrogen-bond donors (Lipinski definition) is 5. The molecule has 10 heterocycles. The van der Waals surface area contributed by atoms with Gasteiger partial charge in [-0.15, -0.1) is 34.0 Å². The highest BCUT2D eigenvalue weighted by molar-refractivity contribution is 14.1. The number of fused-ring (bicyclic) bond motifs is 5. The molecule has 0 aliphatic carbocycles. The Bertz CT molecular complexity index is 7320. The molecule has 0 bridgehead atoms. The number of ether oxygens (including phenoxy) is 1. The van der Waals surface area contributed by atoms with Gasteiger partial charge in [-0.05, 0) is 285 Å². The van der Waals surface area contributed by atoms with E-state index in [2.05, 4.69) is 103 Å². The number of hydrogen-bond acceptors (Lipinski definition) is 17. The Kier molecular flexibility index (Phi) is 32.3. The fourth-order valence-electron chi connectivity index (χ4n) is 19.7. The second kappa shape index (κ2) is 46.6. The zero-order chi connectivity index (χ0) is 102. The Morgan fingerprint density at radius 2 is 0.823 bits per heavy atom. The minimum Gasteiger partial charge on any atom is -0.494 e. The van der Waals surface area contributed by atoms with Crippen LogP contribution in [0.15, 0.2) is 297 Å². The number of aryl methyl sites for hydroxylation is 7. The number of thiazole rings is 3. The van der Waals surface area contributed by atoms with Crippen LogP contribution in [0.4, 0.5) is 16.0 Å². The number of para-hydroxylation sites is 5. The van der Waals surface area contributed by atoms with Crippen molar-refractivity contribution in [3.63, 3.8) is 0 Å². The molecule has 2 unspecified atom stereocenters. The monoisotopic (exact) mass is 2130 g/mol. The van der Waals surface area contributed by atoms with E-state index in [9.17, 15) is 42.7 Å². The van der Waals surface area contributed by atoms with E-state index < -0.39 is 18.0 Å². The second-order valence-corrected chi connectivity index (χ2v) is 42.1. The SMILES string of the molecule is CCOc1ccc(C(=O)NCC(=O)N2CCC(c3nc4ccccc4s3)CC2)cc1.Cc1cc(C)cc(C(=O)N2CCCC(c3nc4ccccc4s3)C2)c1.Cc1ccc([C@@H]2c3c(C)nn(-c4ccccc4)c3NC(=O)[C@H]2NC(=O)c2cccc(C)c2)cc1.Cc1cccc(C(=O)N[C@@H]2C(=O)Nc3c(c(C)nn3-c3ccccc3)[C@H]2c2ccc(F)cc2)c1.O=C(c1ccc(I)cc1)N1CCCC(c2nc3ccccc3s2)C1. The van der Waals surface area contributed by atoms with E-state index in [-0.39, 0.29) is 65.5 Å². The Morgan fingerprint density at radius 1 is 0.408 bits per heavy atom. The van der Waals surface area contributed by atoms with E-state index in [4.69, 9.17) is 24.8 Å². The van der Waals surface area contributed by atoms with Gasteiger partial charge in [0.05, 0.1) is 81.6 Å². The van der Waals surface area contributed by atoms with Crippen LogP contribution < -0.4 is 31.3 Å². The van der Waals surface area contributed by atoms with Crippen LogP contribution >= 0.6 is 56.6 Å². The van der Waals surface area contributed by atoms with E-state index in [1.807, 2.05) is 246 Å². The van der Waals surface area contributed by atoms with Crippen LogP contribution in [0.5, 0.6) is 5.75 Å². The molecule has 5 aromatic heterocycles. The molecular weight excluding hydrogens is 2010 g/mol. The molecule has 8 amide bonds. The third-order valence-corrected chi connectivity index (χ3v) is 31.3. The summed E-state index contributed by atoms with van der Waals surface area (Å²) in [5, 5.41) is 27.6. The topological polar surface area (TPSA) is 290 Å². The van der Waals surface area contributed by atoms with Gasteiger partial charge in [0.1, 0.15) is 35.3 Å². The molecule has 6 atom stereocenters. The predicted molar refractivity (Wildman–Crippen MR) is 588 cm³/mol. The molecule has 29 heteroatoms. The lowest BCUT2D eigenvalue weighted by Gasteiger charge is -2.33. The number of aromatic nitrogens is 7. The van der Waals surface area contributed by atoms with E-state index in [1.165, 1.54) is 31.2 Å². The summed E-state index contributed by atoms with van der Waals surface area (Å²) in [6.07, 6.45) is 6.09. The minimum atomic E-state index is -0.905. The number of anilines is 2. The van der Waals surface area contributed by atoms with Crippen molar-refractivity contribution >= 4 is 146 Å². The molecule has 22 rings (SSSR count). The summed E-state index contributed by atoms with van der Waals surface area (Å²) in [4.78, 5) is 124. The zero-order valence-electron chi connectivity index (χ0n) is 82.9. The highest BCUT2D eigenvalue weighted by Gasteiger charge is 2.45. The van der Waals surface area contributed by atoms with Crippen LogP contribution in [0.1, 0.15) is 203 Å². The Hall–Kier alpha value is -15.1. The van der Waals surface area contributed by atoms with Crippen LogP contribution in [0, 0.1) is 57.9 Å². The van der Waals surface area contributed by atoms with Crippen LogP contribution in [0.3, 0.4) is 0 Å². The van der Waals surface area contributed by atoms with Gasteiger partial charge in [0.2, 0.25) is 17.7 Å². The van der Waals surface area contributed by atoms with E-state index in [1.54, 1.807) is 104 Å². The minimum absolute atomic E-state index is 0.0118. The van der Waals surface area contributed by atoms with Gasteiger partial charge < -0.3 is 46.0 Å². The molecule has 5 aliphatic rings. The lowest BCUT2D eigenvalue weighted by molar-refractivity contribution is -0.131. The number of rotatable bonds is 18. The van der Waals surface area contributed by atoms with Gasteiger partial charge in [0.25, 0.3) is 29.5 Å². The van der Waals surface area contributed by atoms with Gasteiger partial charge in [-0.1, -0.05) is 167 Å². The van der Waals surface area contributed by atoms with Gasteiger partial charge in [0.15, 0.2) is 0 Å². The van der Waals surface area contributed by atoms with Crippen molar-refractivity contribution in [3.05, 3.63) is 411 Å². The number of halogens is 2. The van der Waals surface area contributed by atoms with Gasteiger partial charge in [-0.2, -0.15) is 10.2 Å². The number of nitrogens with zero attached hydrogens (tertiary/aromatic N) is 10. The van der Waals surface area contributed by atoms with Gasteiger partial charge in [-0.25, -0.2) is 28.7 Å². The fourth-order valence-corrected chi connectivity index (χ4v) is 23.4. The first-order valence-electron chi connectivity index (χ1n) is 49.5. The first-order chi connectivity index (χ1) is 71.3. The normalized spacial score (nSPS) is 16.9. The third-order valence-electron chi connectivity index (χ3n) is 27.0. The Morgan fingerprint density at radius 3 is 1.27 bits per heavy atom. The maximum atomic E-state index is 13.7. The zero-order valence-corrected chi connectivity index (χ0v) is 87.5. The molecule has 12 aromatic carbocycles. The molecule has 0 saturated carbocycles. The van der Waals surface area contributed by atoms with Gasteiger partial charge >= 0.3 is 0 Å². The highest BCUT2D eigenvalue weighted by atomic mass is 127. The summed E-state index contributed by atoms with van der Waals surface area (Å²) >= 11 is 7.54. The average molecular weight is 2130 g/mol. The Balaban J connectivity index is 0.000000121. The predicted octanol–water partition coefficient (Wildman–Crippen LogP) is 22.9. The molecule has 3 fully saturated rings. The molecule has 746 valence electrons. The molecular formula is C118H113FIN15O9S3. The molecule has 0 radical (unpaired) electrons. The lowest BCUT2D eigenvalue weighted by atomic mass is 9.81. The van der Waals surface area contributed by atoms with Crippen molar-refractivity contribution in [1.82, 2.24) is 65.2 Å². The first kappa shape index (κ1) is 102. The van der Waals surface area contributed by atoms with Gasteiger partial charge in [-0.3, -0.25) is 38.4 Å². The van der Waals surface area contributed by atoms with Crippen LogP contribution in [-0.2, 0) is 14.4 Å². The Labute approximate surface area is 878 Å². The lowest BCUT2D eigenvalue weighted by Crippen LogP contribution is -2.50. The third kappa shape index (κ3) is 24.2. The number of carbonyl (C=O) groups excluding carboxylic acids is 8. The van der Waals surface area contributed by atoms with E-state index in [0.29, 0.717) is 77.0 Å². The largest absolute Gasteiger partial charge is 0.494 e. The standard InChI is InChI=1S/C28H26N4O2.C27H23FN4O2.C23H25N3O3S.C21H22N2OS.C19H17IN2OS/c1-17-12-14-20(15-13-17)24-23-19(3)31-32(22-10-5-4-6-11-22)26(23)30-28(34)25(24)29-27(33)21-9-7-8-18(2)16-21;1-16-7-6-8-19(15-16)26(33)29-24-23(18-11-13-20(28)14-12-18)22-17(2)31-32(25(22)30-27(24)34)21-9-4-3-5-10-21;1-2-29-18-9-7-16(8-10-18)22(28)24-15-21(27)26-13-11-17(12-14-26)23-25-19-5-3-4-6-20(19)30-23;1-14-10-15(2)12-17(11-14)21(24)23-9-5-6-16(13-23)20-22-18-7-3-4-8-19(18)25-20;20-15-9-7-13(8-10-15)19(23)22-11-3-4-14(12-22)18-21-16-5-1-2-6-17(16)24-18/h4-16,24-25H,1-3H3,(H,29,33)(H,30,34);3-15,23-24H,1-2H3,(H,29,33)(H,30,34);3-10,17H,2,11-15H2,1H3,(H,24,28);3-4,7-8,10-12,16H,5-6,9,13H2,1-2H3;1-2,5-10,14H,3-4,11-12H2/t24-,25+;23-,24+;;;/m11.../s1. The second-order valence-electron chi connectivity index (χ2n) is 37.6. The van der Waals surface area contributed by atoms with Crippen molar-refractivity contribution in [1.29, 1.82) is 0 Å². The summed E-state index contributed by atoms with van der Waals surface area (Å²) in [6.45, 7) is 20.9. The van der Waals surface area contributed by atoms with Gasteiger partial charge in [0, 0.05) is 111 Å². The number of benzene rings is 12. The summed E-state index contributed by atoms with van der Waals surface area (Å²) < 4.78 is 27.4. The summed E-state index contributed by atoms with van der Waals surface area (Å²) in [6, 6.07) is 91.7. The maximum absolute atomic E-state index is 13.7. The summed E-state index contributed by atoms with van der Waals surface area (Å²) in [5.74, 6) is 0.427. The van der Waals surface area contributed by atoms with Crippen LogP contribution in [-0.4, -0.2) is 161 Å². The average Bonchev–Trinajstić information content (AvgIpc) is 1.51. The molecule has 147 heavy (non-hydrogen) atoms. The molecule has 17 aromatic rings. The molecule has 3 saturated heterocycles. The number of nitrogens with one attached hydrogen (secondary N) is 5. The maximum Gasteiger partial charge on any atom is 0.253 e. The quantitative estimate of drug-likeness (QED) is 0.0499. The smallest absolute Gasteiger partial charge is 0.253 e. The van der Waals surface area contributed by atoms with Crippen molar-refractivity contribution in [3.8, 4) is 17.1 Å². The van der Waals surface area contributed by atoms with E-state index >= 15 is 0 Å². The molecule has 24 nitrogen and oxygen atoms in total. The number of likely N-dealkylation sites (tertiary alicyclic amines) is 3. The molecule has 5 aliphatic heterocycles. The molecule has 5 N–H and O–H groups in total. The van der Waals surface area contributed by atoms with Crippen molar-refractivity contribution < 1.29 is 47.5 Å². The molecule has 0 spiro atoms. The van der Waals surface area contributed by atoms with E-state index in [0.717, 1.165) is 173 Å². The summed E-state index contributed by atoms with van der Waals surface area (Å²) in [7, 11) is 0. The van der Waals surface area contributed by atoms with Crippen molar-refractivity contribution in [2.75, 3.05) is 63.1 Å². The van der Waals surface area contributed by atoms with Crippen molar-refractivity contribution in [2.24, 2.45) is 0 Å². The number of amides is 8. The summed E-state index contributed by atoms with van der Waals surface area (Å²) in [5.41, 5.74) is 18.1. The number of carbonyl (C=O) groups is 8. The van der Waals surface area contributed by atoms with Crippen LogP contribution in [0.25, 0.3) is 42.0 Å².